The average Bonchev–Trinajstić information content (AvgIpc) is 2.70. The Balaban J connectivity index is 2.32. The van der Waals surface area contributed by atoms with Crippen LogP contribution in [-0.4, -0.2) is 14.5 Å². The number of hydrogen-bond acceptors (Lipinski definition) is 3. The number of benzene rings is 1. The van der Waals surface area contributed by atoms with Crippen molar-refractivity contribution in [2.24, 2.45) is 10.8 Å². The van der Waals surface area contributed by atoms with E-state index in [1.54, 1.807) is 13.0 Å². The molecule has 108 valence electrons. The van der Waals surface area contributed by atoms with Crippen LogP contribution in [0, 0.1) is 29.1 Å². The summed E-state index contributed by atoms with van der Waals surface area (Å²) < 4.78 is 27.8. The third kappa shape index (κ3) is 2.13. The molecule has 0 spiro atoms. The van der Waals surface area contributed by atoms with Gasteiger partial charge < -0.3 is 0 Å². The summed E-state index contributed by atoms with van der Waals surface area (Å²) >= 11 is 0. The van der Waals surface area contributed by atoms with Crippen LogP contribution in [0.3, 0.4) is 0 Å². The van der Waals surface area contributed by atoms with E-state index in [2.05, 4.69) is 32.4 Å². The average molecular weight is 292 g/mol. The molecular weight excluding hydrogens is 272 g/mol. The van der Waals surface area contributed by atoms with Gasteiger partial charge in [0.1, 0.15) is 0 Å². The van der Waals surface area contributed by atoms with Crippen LogP contribution in [0.1, 0.15) is 38.8 Å². The lowest BCUT2D eigenvalue weighted by Crippen LogP contribution is -2.30. The highest BCUT2D eigenvalue weighted by atomic mass is 32.2. The van der Waals surface area contributed by atoms with Crippen molar-refractivity contribution in [3.8, 4) is 6.07 Å². The summed E-state index contributed by atoms with van der Waals surface area (Å²) in [7, 11) is -3.55. The van der Waals surface area contributed by atoms with Crippen molar-refractivity contribution in [2.45, 2.75) is 45.6 Å². The minimum Gasteiger partial charge on any atom is -0.207 e. The van der Waals surface area contributed by atoms with Gasteiger partial charge in [0.05, 0.1) is 16.5 Å². The molecule has 1 N–H and O–H groups in total. The zero-order valence-corrected chi connectivity index (χ0v) is 13.3. The van der Waals surface area contributed by atoms with Gasteiger partial charge in [-0.2, -0.15) is 5.26 Å². The number of rotatable bonds is 3. The van der Waals surface area contributed by atoms with Crippen LogP contribution in [0.25, 0.3) is 0 Å². The number of sulfonamides is 1. The third-order valence-corrected chi connectivity index (χ3v) is 6.47. The predicted molar refractivity (Wildman–Crippen MR) is 77.6 cm³/mol. The summed E-state index contributed by atoms with van der Waals surface area (Å²) in [5.41, 5.74) is 0.947. The van der Waals surface area contributed by atoms with E-state index in [0.717, 1.165) is 0 Å². The van der Waals surface area contributed by atoms with Crippen LogP contribution >= 0.6 is 0 Å². The van der Waals surface area contributed by atoms with Crippen molar-refractivity contribution in [1.29, 1.82) is 5.26 Å². The Morgan fingerprint density at radius 1 is 1.20 bits per heavy atom. The van der Waals surface area contributed by atoms with Gasteiger partial charge in [-0.1, -0.05) is 27.7 Å². The molecular formula is C15H20N2O2S. The largest absolute Gasteiger partial charge is 0.241 e. The van der Waals surface area contributed by atoms with Crippen molar-refractivity contribution in [3.05, 3.63) is 29.3 Å². The van der Waals surface area contributed by atoms with E-state index in [1.165, 1.54) is 12.1 Å². The number of nitrogens with one attached hydrogen (secondary N) is 1. The van der Waals surface area contributed by atoms with Crippen LogP contribution < -0.4 is 4.72 Å². The van der Waals surface area contributed by atoms with Crippen LogP contribution in [-0.2, 0) is 10.0 Å². The van der Waals surface area contributed by atoms with E-state index in [-0.39, 0.29) is 21.8 Å². The summed E-state index contributed by atoms with van der Waals surface area (Å²) in [6.07, 6.45) is 0. The summed E-state index contributed by atoms with van der Waals surface area (Å²) in [6.45, 7) is 9.95. The van der Waals surface area contributed by atoms with Crippen LogP contribution in [0.4, 0.5) is 0 Å². The molecule has 0 unspecified atom stereocenters. The fourth-order valence-electron chi connectivity index (χ4n) is 2.73. The molecule has 0 saturated heterocycles. The number of nitrogens with zero attached hydrogens (tertiary/aromatic N) is 1. The van der Waals surface area contributed by atoms with Gasteiger partial charge in [-0.15, -0.1) is 0 Å². The number of nitriles is 1. The molecule has 5 heteroatoms. The molecule has 0 aliphatic heterocycles. The maximum Gasteiger partial charge on any atom is 0.241 e. The highest BCUT2D eigenvalue weighted by molar-refractivity contribution is 7.89. The Kier molecular flexibility index (Phi) is 3.23. The standard InChI is InChI=1S/C15H20N2O2S/c1-10-8-11(9-16)6-7-12(10)20(18,19)17-13-14(2,3)15(13,4)5/h6-8,13,17H,1-5H3. The maximum absolute atomic E-state index is 12.5. The molecule has 1 saturated carbocycles. The van der Waals surface area contributed by atoms with Crippen LogP contribution in [0.15, 0.2) is 23.1 Å². The SMILES string of the molecule is Cc1cc(C#N)ccc1S(=O)(=O)NC1C(C)(C)C1(C)C. The normalized spacial score (nSPS) is 20.4. The molecule has 0 heterocycles. The zero-order chi connectivity index (χ0) is 15.3. The molecule has 0 atom stereocenters. The summed E-state index contributed by atoms with van der Waals surface area (Å²) in [5.74, 6) is 0. The molecule has 1 aromatic carbocycles. The molecule has 0 aromatic heterocycles. The minimum atomic E-state index is -3.55. The maximum atomic E-state index is 12.5. The predicted octanol–water partition coefficient (Wildman–Crippen LogP) is 2.58. The molecule has 2 rings (SSSR count). The van der Waals surface area contributed by atoms with Crippen molar-refractivity contribution in [2.75, 3.05) is 0 Å². The lowest BCUT2D eigenvalue weighted by atomic mass is 10.0. The first-order valence-electron chi connectivity index (χ1n) is 6.57. The summed E-state index contributed by atoms with van der Waals surface area (Å²) in [6, 6.07) is 6.56. The van der Waals surface area contributed by atoms with Gasteiger partial charge in [0.2, 0.25) is 10.0 Å². The molecule has 1 aliphatic rings. The Bertz CT molecular complexity index is 683. The van der Waals surface area contributed by atoms with Crippen LogP contribution in [0.2, 0.25) is 0 Å². The number of hydrogen-bond donors (Lipinski definition) is 1. The highest BCUT2D eigenvalue weighted by Gasteiger charge is 2.66. The van der Waals surface area contributed by atoms with E-state index in [9.17, 15) is 8.42 Å². The van der Waals surface area contributed by atoms with Gasteiger partial charge in [-0.05, 0) is 41.5 Å². The third-order valence-electron chi connectivity index (χ3n) is 4.89. The van der Waals surface area contributed by atoms with E-state index >= 15 is 0 Å². The number of aryl methyl sites for hydroxylation is 1. The van der Waals surface area contributed by atoms with Gasteiger partial charge in [-0.3, -0.25) is 0 Å². The first kappa shape index (κ1) is 15.0. The fourth-order valence-corrected chi connectivity index (χ4v) is 4.49. The van der Waals surface area contributed by atoms with Crippen molar-refractivity contribution in [3.63, 3.8) is 0 Å². The van der Waals surface area contributed by atoms with E-state index in [4.69, 9.17) is 5.26 Å². The fraction of sp³-hybridized carbons (Fsp3) is 0.533. The Labute approximate surface area is 120 Å². The second kappa shape index (κ2) is 4.31. The molecule has 0 amide bonds. The topological polar surface area (TPSA) is 70.0 Å². The second-order valence-electron chi connectivity index (χ2n) is 6.59. The zero-order valence-electron chi connectivity index (χ0n) is 12.5. The van der Waals surface area contributed by atoms with E-state index < -0.39 is 10.0 Å². The summed E-state index contributed by atoms with van der Waals surface area (Å²) in [5, 5.41) is 8.83. The van der Waals surface area contributed by atoms with Gasteiger partial charge >= 0.3 is 0 Å². The molecule has 4 nitrogen and oxygen atoms in total. The van der Waals surface area contributed by atoms with Crippen molar-refractivity contribution < 1.29 is 8.42 Å². The van der Waals surface area contributed by atoms with Gasteiger partial charge in [0.15, 0.2) is 0 Å². The van der Waals surface area contributed by atoms with Crippen LogP contribution in [0.5, 0.6) is 0 Å². The molecule has 1 aromatic rings. The van der Waals surface area contributed by atoms with Gasteiger partial charge in [0, 0.05) is 6.04 Å². The quantitative estimate of drug-likeness (QED) is 0.931. The second-order valence-corrected chi connectivity index (χ2v) is 8.27. The smallest absolute Gasteiger partial charge is 0.207 e. The molecule has 1 aliphatic carbocycles. The lowest BCUT2D eigenvalue weighted by Gasteiger charge is -2.10. The first-order chi connectivity index (χ1) is 9.04. The Morgan fingerprint density at radius 2 is 1.75 bits per heavy atom. The van der Waals surface area contributed by atoms with Gasteiger partial charge in [0.25, 0.3) is 0 Å². The molecule has 0 radical (unpaired) electrons. The van der Waals surface area contributed by atoms with Crippen molar-refractivity contribution >= 4 is 10.0 Å². The summed E-state index contributed by atoms with van der Waals surface area (Å²) in [4.78, 5) is 0.245. The van der Waals surface area contributed by atoms with E-state index in [0.29, 0.717) is 11.1 Å². The molecule has 0 bridgehead atoms. The first-order valence-corrected chi connectivity index (χ1v) is 8.05. The highest BCUT2D eigenvalue weighted by Crippen LogP contribution is 2.62. The monoisotopic (exact) mass is 292 g/mol. The molecule has 20 heavy (non-hydrogen) atoms. The minimum absolute atomic E-state index is 0.0550. The van der Waals surface area contributed by atoms with E-state index in [1.807, 2.05) is 6.07 Å². The Morgan fingerprint density at radius 3 is 2.15 bits per heavy atom. The van der Waals surface area contributed by atoms with Crippen molar-refractivity contribution in [1.82, 2.24) is 4.72 Å². The molecule has 1 fully saturated rings. The lowest BCUT2D eigenvalue weighted by molar-refractivity contribution is 0.457. The Hall–Kier alpha value is -1.38. The van der Waals surface area contributed by atoms with Gasteiger partial charge in [-0.25, -0.2) is 13.1 Å².